The number of rotatable bonds is 4. The standard InChI is InChI=1S/C11H14O3/c1-3-4-14-10-6-8(2)5-9(7-10)11(12)13/h5-7H,3-4H2,1-2H3,(H,12,13). The number of benzene rings is 1. The zero-order chi connectivity index (χ0) is 10.6. The second-order valence-corrected chi connectivity index (χ2v) is 3.19. The van der Waals surface area contributed by atoms with Gasteiger partial charge in [0.15, 0.2) is 0 Å². The third-order valence-electron chi connectivity index (χ3n) is 1.77. The van der Waals surface area contributed by atoms with Crippen LogP contribution in [0.3, 0.4) is 0 Å². The summed E-state index contributed by atoms with van der Waals surface area (Å²) in [5, 5.41) is 8.80. The third kappa shape index (κ3) is 2.76. The number of aromatic carboxylic acids is 1. The van der Waals surface area contributed by atoms with Crippen LogP contribution in [0.25, 0.3) is 0 Å². The van der Waals surface area contributed by atoms with E-state index in [4.69, 9.17) is 9.84 Å². The smallest absolute Gasteiger partial charge is 0.335 e. The molecule has 0 aliphatic heterocycles. The third-order valence-corrected chi connectivity index (χ3v) is 1.77. The number of carboxylic acid groups (broad SMARTS) is 1. The number of hydrogen-bond acceptors (Lipinski definition) is 2. The zero-order valence-electron chi connectivity index (χ0n) is 8.41. The van der Waals surface area contributed by atoms with E-state index in [1.807, 2.05) is 19.9 Å². The highest BCUT2D eigenvalue weighted by molar-refractivity contribution is 5.88. The molecule has 0 heterocycles. The van der Waals surface area contributed by atoms with Crippen molar-refractivity contribution in [2.45, 2.75) is 20.3 Å². The van der Waals surface area contributed by atoms with Gasteiger partial charge in [0.05, 0.1) is 12.2 Å². The van der Waals surface area contributed by atoms with Crippen molar-refractivity contribution in [1.29, 1.82) is 0 Å². The van der Waals surface area contributed by atoms with Crippen molar-refractivity contribution in [2.24, 2.45) is 0 Å². The normalized spacial score (nSPS) is 9.86. The van der Waals surface area contributed by atoms with Crippen LogP contribution in [0.2, 0.25) is 0 Å². The Hall–Kier alpha value is -1.51. The van der Waals surface area contributed by atoms with Crippen LogP contribution in [0.1, 0.15) is 29.3 Å². The Morgan fingerprint density at radius 3 is 2.71 bits per heavy atom. The molecule has 0 aliphatic carbocycles. The molecule has 1 aromatic carbocycles. The molecule has 3 nitrogen and oxygen atoms in total. The second-order valence-electron chi connectivity index (χ2n) is 3.19. The van der Waals surface area contributed by atoms with Crippen LogP contribution in [0, 0.1) is 6.92 Å². The molecule has 0 aliphatic rings. The molecule has 0 unspecified atom stereocenters. The average Bonchev–Trinajstić information content (AvgIpc) is 2.14. The van der Waals surface area contributed by atoms with Crippen LogP contribution < -0.4 is 4.74 Å². The summed E-state index contributed by atoms with van der Waals surface area (Å²) < 4.78 is 5.36. The van der Waals surface area contributed by atoms with Gasteiger partial charge in [-0.25, -0.2) is 4.79 Å². The van der Waals surface area contributed by atoms with Gasteiger partial charge in [-0.15, -0.1) is 0 Å². The highest BCUT2D eigenvalue weighted by Gasteiger charge is 2.05. The highest BCUT2D eigenvalue weighted by Crippen LogP contribution is 2.17. The van der Waals surface area contributed by atoms with Crippen molar-refractivity contribution in [3.05, 3.63) is 29.3 Å². The Labute approximate surface area is 83.3 Å². The number of carboxylic acids is 1. The molecule has 76 valence electrons. The fraction of sp³-hybridized carbons (Fsp3) is 0.364. The largest absolute Gasteiger partial charge is 0.494 e. The SMILES string of the molecule is CCCOc1cc(C)cc(C(=O)O)c1. The lowest BCUT2D eigenvalue weighted by atomic mass is 10.1. The maximum absolute atomic E-state index is 10.7. The summed E-state index contributed by atoms with van der Waals surface area (Å²) in [6.45, 7) is 4.47. The molecule has 14 heavy (non-hydrogen) atoms. The van der Waals surface area contributed by atoms with Crippen molar-refractivity contribution >= 4 is 5.97 Å². The first-order valence-corrected chi connectivity index (χ1v) is 4.61. The molecule has 0 radical (unpaired) electrons. The van der Waals surface area contributed by atoms with Crippen LogP contribution in [-0.2, 0) is 0 Å². The monoisotopic (exact) mass is 194 g/mol. The van der Waals surface area contributed by atoms with E-state index in [-0.39, 0.29) is 5.56 Å². The number of ether oxygens (including phenoxy) is 1. The van der Waals surface area contributed by atoms with Gasteiger partial charge in [0.25, 0.3) is 0 Å². The summed E-state index contributed by atoms with van der Waals surface area (Å²) in [5.41, 5.74) is 1.17. The van der Waals surface area contributed by atoms with E-state index in [1.165, 1.54) is 0 Å². The lowest BCUT2D eigenvalue weighted by Gasteiger charge is -2.06. The fourth-order valence-electron chi connectivity index (χ4n) is 1.17. The molecule has 1 aromatic rings. The van der Waals surface area contributed by atoms with Crippen molar-refractivity contribution in [1.82, 2.24) is 0 Å². The zero-order valence-corrected chi connectivity index (χ0v) is 8.41. The maximum Gasteiger partial charge on any atom is 0.335 e. The summed E-state index contributed by atoms with van der Waals surface area (Å²) in [5.74, 6) is -0.292. The average molecular weight is 194 g/mol. The fourth-order valence-corrected chi connectivity index (χ4v) is 1.17. The molecule has 1 rings (SSSR count). The first kappa shape index (κ1) is 10.6. The molecule has 0 aromatic heterocycles. The molecule has 0 fully saturated rings. The summed E-state index contributed by atoms with van der Waals surface area (Å²) in [4.78, 5) is 10.7. The Balaban J connectivity index is 2.89. The Kier molecular flexibility index (Phi) is 3.51. The van der Waals surface area contributed by atoms with Crippen molar-refractivity contribution in [3.63, 3.8) is 0 Å². The molecule has 0 saturated carbocycles. The van der Waals surface area contributed by atoms with Crippen LogP contribution >= 0.6 is 0 Å². The Morgan fingerprint density at radius 1 is 1.43 bits per heavy atom. The minimum atomic E-state index is -0.921. The van der Waals surface area contributed by atoms with Crippen LogP contribution in [0.15, 0.2) is 18.2 Å². The van der Waals surface area contributed by atoms with Crippen molar-refractivity contribution in [2.75, 3.05) is 6.61 Å². The molecule has 0 amide bonds. The topological polar surface area (TPSA) is 46.5 Å². The molecule has 1 N–H and O–H groups in total. The predicted molar refractivity (Wildman–Crippen MR) is 53.9 cm³/mol. The van der Waals surface area contributed by atoms with Crippen molar-refractivity contribution in [3.8, 4) is 5.75 Å². The molecule has 0 bridgehead atoms. The quantitative estimate of drug-likeness (QED) is 0.800. The molecule has 0 spiro atoms. The van der Waals surface area contributed by atoms with Gasteiger partial charge in [-0.05, 0) is 37.1 Å². The number of aryl methyl sites for hydroxylation is 1. The van der Waals surface area contributed by atoms with Gasteiger partial charge >= 0.3 is 5.97 Å². The molecular formula is C11H14O3. The summed E-state index contributed by atoms with van der Waals surface area (Å²) in [7, 11) is 0. The van der Waals surface area contributed by atoms with E-state index >= 15 is 0 Å². The minimum Gasteiger partial charge on any atom is -0.494 e. The first-order chi connectivity index (χ1) is 6.63. The van der Waals surface area contributed by atoms with Gasteiger partial charge in [0.2, 0.25) is 0 Å². The number of carbonyl (C=O) groups is 1. The van der Waals surface area contributed by atoms with E-state index in [2.05, 4.69) is 0 Å². The van der Waals surface area contributed by atoms with Crippen LogP contribution in [0.4, 0.5) is 0 Å². The lowest BCUT2D eigenvalue weighted by molar-refractivity contribution is 0.0696. The second kappa shape index (κ2) is 4.65. The molecule has 3 heteroatoms. The summed E-state index contributed by atoms with van der Waals surface area (Å²) in [6.07, 6.45) is 0.913. The summed E-state index contributed by atoms with van der Waals surface area (Å²) in [6, 6.07) is 5.01. The molecule has 0 atom stereocenters. The predicted octanol–water partition coefficient (Wildman–Crippen LogP) is 2.48. The highest BCUT2D eigenvalue weighted by atomic mass is 16.5. The van der Waals surface area contributed by atoms with Gasteiger partial charge in [-0.2, -0.15) is 0 Å². The first-order valence-electron chi connectivity index (χ1n) is 4.61. The van der Waals surface area contributed by atoms with E-state index in [0.717, 1.165) is 12.0 Å². The van der Waals surface area contributed by atoms with E-state index in [0.29, 0.717) is 12.4 Å². The van der Waals surface area contributed by atoms with Gasteiger partial charge in [-0.1, -0.05) is 6.92 Å². The van der Waals surface area contributed by atoms with Crippen molar-refractivity contribution < 1.29 is 14.6 Å². The van der Waals surface area contributed by atoms with E-state index in [1.54, 1.807) is 12.1 Å². The van der Waals surface area contributed by atoms with Gasteiger partial charge in [0.1, 0.15) is 5.75 Å². The minimum absolute atomic E-state index is 0.274. The van der Waals surface area contributed by atoms with E-state index in [9.17, 15) is 4.79 Å². The maximum atomic E-state index is 10.7. The van der Waals surface area contributed by atoms with E-state index < -0.39 is 5.97 Å². The molecule has 0 saturated heterocycles. The Bertz CT molecular complexity index is 331. The van der Waals surface area contributed by atoms with Crippen LogP contribution in [0.5, 0.6) is 5.75 Å². The molecular weight excluding hydrogens is 180 g/mol. The Morgan fingerprint density at radius 2 is 2.14 bits per heavy atom. The van der Waals surface area contributed by atoms with Gasteiger partial charge < -0.3 is 9.84 Å². The summed E-state index contributed by atoms with van der Waals surface area (Å²) >= 11 is 0. The lowest BCUT2D eigenvalue weighted by Crippen LogP contribution is -2.00. The number of hydrogen-bond donors (Lipinski definition) is 1. The van der Waals surface area contributed by atoms with Crippen LogP contribution in [-0.4, -0.2) is 17.7 Å². The van der Waals surface area contributed by atoms with Gasteiger partial charge in [-0.3, -0.25) is 0 Å². The van der Waals surface area contributed by atoms with Gasteiger partial charge in [0, 0.05) is 0 Å².